The van der Waals surface area contributed by atoms with Crippen LogP contribution in [0.3, 0.4) is 0 Å². The van der Waals surface area contributed by atoms with Gasteiger partial charge >= 0.3 is 5.97 Å². The van der Waals surface area contributed by atoms with Gasteiger partial charge in [-0.3, -0.25) is 4.79 Å². The number of rotatable bonds is 4. The SMILES string of the molecule is Cc1c(C(=O)OC(C)C)sc2nc(Cl)nc(N3CCN(C=O)CC3)c12. The fraction of sp³-hybridized carbons (Fsp3) is 0.500. The minimum absolute atomic E-state index is 0.144. The van der Waals surface area contributed by atoms with Crippen LogP contribution < -0.4 is 4.90 Å². The van der Waals surface area contributed by atoms with Gasteiger partial charge in [0, 0.05) is 26.2 Å². The number of aromatic nitrogens is 2. The maximum absolute atomic E-state index is 12.3. The molecule has 0 bridgehead atoms. The minimum Gasteiger partial charge on any atom is -0.459 e. The summed E-state index contributed by atoms with van der Waals surface area (Å²) in [4.78, 5) is 36.9. The first-order valence-corrected chi connectivity index (χ1v) is 9.22. The molecule has 0 aliphatic carbocycles. The fourth-order valence-electron chi connectivity index (χ4n) is 2.82. The maximum atomic E-state index is 12.3. The molecule has 0 spiro atoms. The Morgan fingerprint density at radius 1 is 1.28 bits per heavy atom. The summed E-state index contributed by atoms with van der Waals surface area (Å²) in [5.74, 6) is 0.348. The Hall–Kier alpha value is -1.93. The van der Waals surface area contributed by atoms with E-state index in [1.165, 1.54) is 11.3 Å². The number of anilines is 1. The first-order chi connectivity index (χ1) is 11.9. The lowest BCUT2D eigenvalue weighted by Gasteiger charge is -2.33. The average molecular weight is 383 g/mol. The van der Waals surface area contributed by atoms with Crippen LogP contribution in [0.15, 0.2) is 0 Å². The van der Waals surface area contributed by atoms with Gasteiger partial charge in [0.1, 0.15) is 15.5 Å². The van der Waals surface area contributed by atoms with Gasteiger partial charge in [-0.2, -0.15) is 4.98 Å². The summed E-state index contributed by atoms with van der Waals surface area (Å²) in [5.41, 5.74) is 0.801. The molecule has 134 valence electrons. The van der Waals surface area contributed by atoms with Crippen molar-refractivity contribution < 1.29 is 14.3 Å². The van der Waals surface area contributed by atoms with E-state index in [2.05, 4.69) is 14.9 Å². The normalized spacial score (nSPS) is 15.1. The third-order valence-electron chi connectivity index (χ3n) is 4.03. The molecule has 7 nitrogen and oxygen atoms in total. The highest BCUT2D eigenvalue weighted by molar-refractivity contribution is 7.20. The predicted octanol–water partition coefficient (Wildman–Crippen LogP) is 2.50. The van der Waals surface area contributed by atoms with Crippen LogP contribution in [0.5, 0.6) is 0 Å². The van der Waals surface area contributed by atoms with E-state index in [4.69, 9.17) is 16.3 Å². The van der Waals surface area contributed by atoms with E-state index in [0.29, 0.717) is 41.7 Å². The summed E-state index contributed by atoms with van der Waals surface area (Å²) >= 11 is 7.37. The summed E-state index contributed by atoms with van der Waals surface area (Å²) in [6.07, 6.45) is 0.665. The molecule has 2 aromatic heterocycles. The van der Waals surface area contributed by atoms with Crippen LogP contribution >= 0.6 is 22.9 Å². The lowest BCUT2D eigenvalue weighted by Crippen LogP contribution is -2.46. The van der Waals surface area contributed by atoms with Gasteiger partial charge < -0.3 is 14.5 Å². The number of nitrogens with zero attached hydrogens (tertiary/aromatic N) is 4. The van der Waals surface area contributed by atoms with Crippen LogP contribution in [0, 0.1) is 6.92 Å². The quantitative estimate of drug-likeness (QED) is 0.459. The molecular weight excluding hydrogens is 364 g/mol. The summed E-state index contributed by atoms with van der Waals surface area (Å²) in [6, 6.07) is 0. The van der Waals surface area contributed by atoms with E-state index in [9.17, 15) is 9.59 Å². The van der Waals surface area contributed by atoms with Crippen molar-refractivity contribution in [1.82, 2.24) is 14.9 Å². The van der Waals surface area contributed by atoms with E-state index in [-0.39, 0.29) is 17.4 Å². The van der Waals surface area contributed by atoms with Gasteiger partial charge in [-0.15, -0.1) is 11.3 Å². The molecule has 0 aromatic carbocycles. The lowest BCUT2D eigenvalue weighted by atomic mass is 10.2. The van der Waals surface area contributed by atoms with Crippen LogP contribution in [0.4, 0.5) is 5.82 Å². The fourth-order valence-corrected chi connectivity index (χ4v) is 4.10. The van der Waals surface area contributed by atoms with Gasteiger partial charge in [-0.25, -0.2) is 9.78 Å². The highest BCUT2D eigenvalue weighted by atomic mass is 35.5. The molecule has 0 unspecified atom stereocenters. The zero-order valence-electron chi connectivity index (χ0n) is 14.3. The van der Waals surface area contributed by atoms with Crippen LogP contribution in [0.2, 0.25) is 5.28 Å². The van der Waals surface area contributed by atoms with Gasteiger partial charge in [0.2, 0.25) is 11.7 Å². The minimum atomic E-state index is -0.358. The van der Waals surface area contributed by atoms with E-state index in [0.717, 1.165) is 17.4 Å². The Labute approximate surface area is 154 Å². The van der Waals surface area contributed by atoms with Crippen molar-refractivity contribution in [2.75, 3.05) is 31.1 Å². The molecule has 1 amide bonds. The maximum Gasteiger partial charge on any atom is 0.348 e. The molecule has 0 saturated carbocycles. The molecule has 1 aliphatic rings. The second-order valence-electron chi connectivity index (χ2n) is 6.14. The first kappa shape index (κ1) is 17.9. The number of hydrogen-bond acceptors (Lipinski definition) is 7. The van der Waals surface area contributed by atoms with Gasteiger partial charge in [-0.1, -0.05) is 0 Å². The highest BCUT2D eigenvalue weighted by Crippen LogP contribution is 2.37. The zero-order chi connectivity index (χ0) is 18.1. The smallest absolute Gasteiger partial charge is 0.348 e. The highest BCUT2D eigenvalue weighted by Gasteiger charge is 2.26. The first-order valence-electron chi connectivity index (χ1n) is 8.02. The molecule has 2 aromatic rings. The Morgan fingerprint density at radius 3 is 2.56 bits per heavy atom. The van der Waals surface area contributed by atoms with Crippen molar-refractivity contribution in [2.45, 2.75) is 26.9 Å². The van der Waals surface area contributed by atoms with Gasteiger partial charge in [0.05, 0.1) is 11.5 Å². The van der Waals surface area contributed by atoms with Crippen LogP contribution in [-0.2, 0) is 9.53 Å². The molecular formula is C16H19ClN4O3S. The number of carbonyl (C=O) groups is 2. The summed E-state index contributed by atoms with van der Waals surface area (Å²) in [7, 11) is 0. The van der Waals surface area contributed by atoms with E-state index in [1.54, 1.807) is 4.90 Å². The van der Waals surface area contributed by atoms with Gasteiger partial charge in [0.25, 0.3) is 0 Å². The van der Waals surface area contributed by atoms with Crippen molar-refractivity contribution in [3.63, 3.8) is 0 Å². The predicted molar refractivity (Wildman–Crippen MR) is 97.6 cm³/mol. The molecule has 0 atom stereocenters. The van der Waals surface area contributed by atoms with Crippen LogP contribution in [-0.4, -0.2) is 59.5 Å². The molecule has 1 fully saturated rings. The third-order valence-corrected chi connectivity index (χ3v) is 5.37. The Balaban J connectivity index is 2.03. The molecule has 3 heterocycles. The Kier molecular flexibility index (Phi) is 5.10. The number of carbonyl (C=O) groups excluding carboxylic acids is 2. The monoisotopic (exact) mass is 382 g/mol. The standard InChI is InChI=1S/C16H19ClN4O3S/c1-9(2)24-15(23)12-10(3)11-13(18-16(17)19-14(11)25-12)21-6-4-20(8-22)5-7-21/h8-9H,4-7H2,1-3H3. The largest absolute Gasteiger partial charge is 0.459 e. The van der Waals surface area contributed by atoms with Crippen LogP contribution in [0.25, 0.3) is 10.2 Å². The molecule has 0 radical (unpaired) electrons. The lowest BCUT2D eigenvalue weighted by molar-refractivity contribution is -0.118. The topological polar surface area (TPSA) is 75.6 Å². The average Bonchev–Trinajstić information content (AvgIpc) is 2.90. The van der Waals surface area contributed by atoms with E-state index >= 15 is 0 Å². The van der Waals surface area contributed by atoms with Gasteiger partial charge in [0.15, 0.2) is 0 Å². The molecule has 25 heavy (non-hydrogen) atoms. The van der Waals surface area contributed by atoms with Crippen molar-refractivity contribution in [1.29, 1.82) is 0 Å². The second kappa shape index (κ2) is 7.13. The van der Waals surface area contributed by atoms with E-state index < -0.39 is 0 Å². The number of esters is 1. The summed E-state index contributed by atoms with van der Waals surface area (Å²) < 4.78 is 5.32. The van der Waals surface area contributed by atoms with Crippen molar-refractivity contribution >= 4 is 51.4 Å². The Morgan fingerprint density at radius 2 is 1.96 bits per heavy atom. The van der Waals surface area contributed by atoms with Crippen molar-refractivity contribution in [2.24, 2.45) is 0 Å². The number of halogens is 1. The number of piperazine rings is 1. The third kappa shape index (κ3) is 3.55. The molecule has 1 aliphatic heterocycles. The van der Waals surface area contributed by atoms with Crippen molar-refractivity contribution in [3.8, 4) is 0 Å². The molecule has 1 saturated heterocycles. The Bertz CT molecular complexity index is 815. The number of thiophene rings is 1. The molecule has 0 N–H and O–H groups in total. The number of hydrogen-bond donors (Lipinski definition) is 0. The number of aryl methyl sites for hydroxylation is 1. The van der Waals surface area contributed by atoms with Gasteiger partial charge in [-0.05, 0) is 37.9 Å². The summed E-state index contributed by atoms with van der Waals surface area (Å²) in [5, 5.41) is 0.968. The molecule has 3 rings (SSSR count). The molecule has 9 heteroatoms. The summed E-state index contributed by atoms with van der Waals surface area (Å²) in [6.45, 7) is 8.06. The number of ether oxygens (including phenoxy) is 1. The van der Waals surface area contributed by atoms with E-state index in [1.807, 2.05) is 20.8 Å². The van der Waals surface area contributed by atoms with Crippen molar-refractivity contribution in [3.05, 3.63) is 15.7 Å². The zero-order valence-corrected chi connectivity index (χ0v) is 15.9. The second-order valence-corrected chi connectivity index (χ2v) is 7.47. The van der Waals surface area contributed by atoms with Crippen LogP contribution in [0.1, 0.15) is 29.1 Å². The number of amides is 1. The number of fused-ring (bicyclic) bond motifs is 1.